The van der Waals surface area contributed by atoms with E-state index in [4.69, 9.17) is 0 Å². The maximum Gasteiger partial charge on any atom is -0.00137 e. The van der Waals surface area contributed by atoms with Crippen LogP contribution >= 0.6 is 0 Å². The first kappa shape index (κ1) is 28.5. The number of hydrogen-bond acceptors (Lipinski definition) is 0. The molecule has 0 saturated carbocycles. The van der Waals surface area contributed by atoms with Gasteiger partial charge in [-0.25, -0.2) is 0 Å². The van der Waals surface area contributed by atoms with Crippen LogP contribution in [0.3, 0.4) is 0 Å². The first-order valence-corrected chi connectivity index (χ1v) is 16.5. The number of hydrogen-bond donors (Lipinski definition) is 0. The van der Waals surface area contributed by atoms with Crippen molar-refractivity contribution < 1.29 is 0 Å². The minimum absolute atomic E-state index is 0.129. The average Bonchev–Trinajstić information content (AvgIpc) is 3.07. The third kappa shape index (κ3) is 4.59. The molecular weight excluding hydrogens is 553 g/mol. The van der Waals surface area contributed by atoms with Gasteiger partial charge in [0.25, 0.3) is 0 Å². The van der Waals surface area contributed by atoms with Crippen LogP contribution in [0.1, 0.15) is 52.7 Å². The number of fused-ring (bicyclic) bond motifs is 11. The van der Waals surface area contributed by atoms with Gasteiger partial charge in [0.2, 0.25) is 0 Å². The molecule has 8 aromatic carbocycles. The molecule has 0 spiro atoms. The van der Waals surface area contributed by atoms with Gasteiger partial charge in [-0.1, -0.05) is 163 Å². The fourth-order valence-corrected chi connectivity index (χ4v) is 7.36. The molecule has 0 aromatic heterocycles. The van der Waals surface area contributed by atoms with E-state index in [1.165, 1.54) is 87.2 Å². The maximum atomic E-state index is 2.43. The van der Waals surface area contributed by atoms with E-state index < -0.39 is 0 Å². The fraction of sp³-hybridized carbons (Fsp3) is 0.174. The van der Waals surface area contributed by atoms with Gasteiger partial charge in [0.15, 0.2) is 0 Å². The predicted octanol–water partition coefficient (Wildman–Crippen LogP) is 13.4. The highest BCUT2D eigenvalue weighted by Gasteiger charge is 2.18. The van der Waals surface area contributed by atoms with Crippen molar-refractivity contribution in [2.24, 2.45) is 0 Å². The molecule has 0 bridgehead atoms. The molecule has 8 aromatic rings. The lowest BCUT2D eigenvalue weighted by molar-refractivity contribution is 0.590. The molecule has 8 rings (SSSR count). The molecule has 0 heteroatoms. The fourth-order valence-electron chi connectivity index (χ4n) is 7.36. The second-order valence-corrected chi connectivity index (χ2v) is 15.0. The average molecular weight is 593 g/mol. The Balaban J connectivity index is 1.47. The minimum atomic E-state index is 0.129. The van der Waals surface area contributed by atoms with E-state index >= 15 is 0 Å². The topological polar surface area (TPSA) is 0 Å². The van der Waals surface area contributed by atoms with Crippen molar-refractivity contribution in [3.8, 4) is 22.3 Å². The molecule has 0 unspecified atom stereocenters. The Hall–Kier alpha value is -4.94. The van der Waals surface area contributed by atoms with Crippen molar-refractivity contribution >= 4 is 53.9 Å². The summed E-state index contributed by atoms with van der Waals surface area (Å²) in [6.07, 6.45) is 0. The summed E-state index contributed by atoms with van der Waals surface area (Å²) in [5, 5.41) is 13.1. The lowest BCUT2D eigenvalue weighted by atomic mass is 9.84. The van der Waals surface area contributed by atoms with Gasteiger partial charge in [0.1, 0.15) is 0 Å². The normalized spacial score (nSPS) is 12.6. The Morgan fingerprint density at radius 2 is 0.587 bits per heavy atom. The monoisotopic (exact) mass is 592 g/mol. The van der Waals surface area contributed by atoms with E-state index in [9.17, 15) is 0 Å². The molecule has 0 radical (unpaired) electrons. The van der Waals surface area contributed by atoms with Gasteiger partial charge in [-0.2, -0.15) is 0 Å². The predicted molar refractivity (Wildman–Crippen MR) is 202 cm³/mol. The van der Waals surface area contributed by atoms with Gasteiger partial charge in [0, 0.05) is 0 Å². The van der Waals surface area contributed by atoms with E-state index in [0.717, 1.165) is 0 Å². The Kier molecular flexibility index (Phi) is 6.38. The first-order valence-electron chi connectivity index (χ1n) is 16.5. The standard InChI is InChI=1S/C46H40/c1-45(2,3)33-21-15-29(16-22-33)31-19-25-37-35-11-7-10-14-40(35)44-42-28-32(30-17-23-34(24-18-30)46(4,5)6)20-26-38(42)36-12-8-9-13-39(36)43(44)41(37)27-31/h7-28H,1-6H3. The minimum Gasteiger partial charge on any atom is -0.0616 e. The van der Waals surface area contributed by atoms with Crippen LogP contribution in [-0.4, -0.2) is 0 Å². The lowest BCUT2D eigenvalue weighted by Crippen LogP contribution is -2.10. The van der Waals surface area contributed by atoms with E-state index in [1.807, 2.05) is 0 Å². The summed E-state index contributed by atoms with van der Waals surface area (Å²) < 4.78 is 0. The molecule has 0 amide bonds. The summed E-state index contributed by atoms with van der Waals surface area (Å²) in [5.41, 5.74) is 7.98. The van der Waals surface area contributed by atoms with Crippen molar-refractivity contribution in [2.75, 3.05) is 0 Å². The second-order valence-electron chi connectivity index (χ2n) is 15.0. The molecule has 0 heterocycles. The largest absolute Gasteiger partial charge is 0.0616 e. The molecule has 46 heavy (non-hydrogen) atoms. The Morgan fingerprint density at radius 1 is 0.283 bits per heavy atom. The Morgan fingerprint density at radius 3 is 0.935 bits per heavy atom. The van der Waals surface area contributed by atoms with Crippen LogP contribution in [0.5, 0.6) is 0 Å². The van der Waals surface area contributed by atoms with E-state index in [0.29, 0.717) is 0 Å². The van der Waals surface area contributed by atoms with Crippen molar-refractivity contribution in [3.05, 3.63) is 145 Å². The van der Waals surface area contributed by atoms with Crippen molar-refractivity contribution in [2.45, 2.75) is 52.4 Å². The summed E-state index contributed by atoms with van der Waals surface area (Å²) in [6, 6.07) is 50.4. The van der Waals surface area contributed by atoms with Crippen LogP contribution in [0.2, 0.25) is 0 Å². The van der Waals surface area contributed by atoms with Crippen molar-refractivity contribution in [3.63, 3.8) is 0 Å². The molecule has 0 nitrogen and oxygen atoms in total. The molecule has 0 atom stereocenters. The molecule has 0 aliphatic heterocycles. The van der Waals surface area contributed by atoms with E-state index in [-0.39, 0.29) is 10.8 Å². The van der Waals surface area contributed by atoms with Crippen molar-refractivity contribution in [1.29, 1.82) is 0 Å². The molecule has 0 fully saturated rings. The smallest absolute Gasteiger partial charge is 0.00137 e. The maximum absolute atomic E-state index is 2.43. The Labute approximate surface area is 272 Å². The van der Waals surface area contributed by atoms with Crippen LogP contribution in [-0.2, 0) is 10.8 Å². The number of benzene rings is 8. The highest BCUT2D eigenvalue weighted by Crippen LogP contribution is 2.45. The summed E-state index contributed by atoms with van der Waals surface area (Å²) in [5.74, 6) is 0. The highest BCUT2D eigenvalue weighted by atomic mass is 14.2. The summed E-state index contributed by atoms with van der Waals surface area (Å²) >= 11 is 0. The van der Waals surface area contributed by atoms with Crippen LogP contribution in [0.25, 0.3) is 76.1 Å². The quantitative estimate of drug-likeness (QED) is 0.175. The van der Waals surface area contributed by atoms with Crippen LogP contribution in [0, 0.1) is 0 Å². The van der Waals surface area contributed by atoms with Gasteiger partial charge in [-0.3, -0.25) is 0 Å². The van der Waals surface area contributed by atoms with Gasteiger partial charge >= 0.3 is 0 Å². The molecular formula is C46H40. The molecule has 0 N–H and O–H groups in total. The molecule has 0 aliphatic rings. The third-order valence-electron chi connectivity index (χ3n) is 9.97. The SMILES string of the molecule is CC(C)(C)c1ccc(-c2ccc3c4ccccc4c4c5cc(-c6ccc(C(C)(C)C)cc6)ccc5c5ccccc5c4c3c2)cc1. The van der Waals surface area contributed by atoms with Crippen molar-refractivity contribution in [1.82, 2.24) is 0 Å². The lowest BCUT2D eigenvalue weighted by Gasteiger charge is -2.20. The van der Waals surface area contributed by atoms with Crippen LogP contribution in [0.15, 0.2) is 133 Å². The summed E-state index contributed by atoms with van der Waals surface area (Å²) in [7, 11) is 0. The van der Waals surface area contributed by atoms with Gasteiger partial charge in [-0.15, -0.1) is 0 Å². The Bertz CT molecular complexity index is 2270. The highest BCUT2D eigenvalue weighted by molar-refractivity contribution is 6.39. The van der Waals surface area contributed by atoms with Crippen LogP contribution < -0.4 is 0 Å². The van der Waals surface area contributed by atoms with E-state index in [1.54, 1.807) is 0 Å². The first-order chi connectivity index (χ1) is 22.1. The summed E-state index contributed by atoms with van der Waals surface area (Å²) in [6.45, 7) is 13.6. The molecule has 224 valence electrons. The zero-order valence-corrected chi connectivity index (χ0v) is 27.7. The third-order valence-corrected chi connectivity index (χ3v) is 9.97. The zero-order valence-electron chi connectivity index (χ0n) is 27.7. The van der Waals surface area contributed by atoms with Gasteiger partial charge in [-0.05, 0) is 110 Å². The van der Waals surface area contributed by atoms with Crippen LogP contribution in [0.4, 0.5) is 0 Å². The summed E-state index contributed by atoms with van der Waals surface area (Å²) in [4.78, 5) is 0. The zero-order chi connectivity index (χ0) is 31.8. The number of rotatable bonds is 2. The van der Waals surface area contributed by atoms with E-state index in [2.05, 4.69) is 175 Å². The van der Waals surface area contributed by atoms with Gasteiger partial charge in [0.05, 0.1) is 0 Å². The second kappa shape index (κ2) is 10.3. The molecule has 0 saturated heterocycles. The molecule has 0 aliphatic carbocycles. The van der Waals surface area contributed by atoms with Gasteiger partial charge < -0.3 is 0 Å².